The topological polar surface area (TPSA) is 33.6 Å². The van der Waals surface area contributed by atoms with Crippen LogP contribution in [0.3, 0.4) is 0 Å². The molecule has 4 heteroatoms. The van der Waals surface area contributed by atoms with Gasteiger partial charge in [-0.15, -0.1) is 0 Å². The van der Waals surface area contributed by atoms with Crippen molar-refractivity contribution in [1.29, 1.82) is 0 Å². The first-order chi connectivity index (χ1) is 14.5. The molecule has 30 heavy (non-hydrogen) atoms. The zero-order valence-corrected chi connectivity index (χ0v) is 18.2. The highest BCUT2D eigenvalue weighted by molar-refractivity contribution is 6.30. The quantitative estimate of drug-likeness (QED) is 0.320. The molecular formula is C26H25ClN2O. The van der Waals surface area contributed by atoms with Crippen LogP contribution in [0.15, 0.2) is 95.5 Å². The highest BCUT2D eigenvalue weighted by Gasteiger charge is 2.12. The van der Waals surface area contributed by atoms with Crippen molar-refractivity contribution in [2.45, 2.75) is 13.8 Å². The summed E-state index contributed by atoms with van der Waals surface area (Å²) < 4.78 is 5.28. The maximum atomic E-state index is 5.99. The molecule has 0 bridgehead atoms. The van der Waals surface area contributed by atoms with E-state index in [1.165, 1.54) is 0 Å². The van der Waals surface area contributed by atoms with E-state index in [9.17, 15) is 0 Å². The summed E-state index contributed by atoms with van der Waals surface area (Å²) in [6.07, 6.45) is 1.85. The van der Waals surface area contributed by atoms with E-state index in [2.05, 4.69) is 35.9 Å². The van der Waals surface area contributed by atoms with Crippen molar-refractivity contribution in [2.24, 2.45) is 4.99 Å². The molecule has 0 aliphatic carbocycles. The fourth-order valence-electron chi connectivity index (χ4n) is 3.01. The summed E-state index contributed by atoms with van der Waals surface area (Å²) >= 11 is 5.99. The van der Waals surface area contributed by atoms with Gasteiger partial charge in [-0.2, -0.15) is 0 Å². The molecule has 152 valence electrons. The summed E-state index contributed by atoms with van der Waals surface area (Å²) in [7, 11) is 1.66. The number of benzene rings is 3. The average Bonchev–Trinajstić information content (AvgIpc) is 2.75. The molecule has 3 aromatic carbocycles. The van der Waals surface area contributed by atoms with Crippen molar-refractivity contribution in [1.82, 2.24) is 0 Å². The Morgan fingerprint density at radius 1 is 1.00 bits per heavy atom. The van der Waals surface area contributed by atoms with Crippen molar-refractivity contribution in [3.8, 4) is 5.75 Å². The van der Waals surface area contributed by atoms with E-state index in [1.807, 2.05) is 73.8 Å². The van der Waals surface area contributed by atoms with Gasteiger partial charge in [0.05, 0.1) is 18.5 Å². The van der Waals surface area contributed by atoms with Crippen molar-refractivity contribution in [3.05, 3.63) is 107 Å². The minimum Gasteiger partial charge on any atom is -0.497 e. The third-order valence-corrected chi connectivity index (χ3v) is 4.92. The lowest BCUT2D eigenvalue weighted by Gasteiger charge is -2.18. The van der Waals surface area contributed by atoms with Gasteiger partial charge in [-0.3, -0.25) is 4.99 Å². The fraction of sp³-hybridized carbons (Fsp3) is 0.115. The van der Waals surface area contributed by atoms with Crippen molar-refractivity contribution in [3.63, 3.8) is 0 Å². The minimum absolute atomic E-state index is 0.686. The van der Waals surface area contributed by atoms with Crippen molar-refractivity contribution in [2.75, 3.05) is 12.4 Å². The molecule has 0 saturated carbocycles. The molecule has 0 amide bonds. The molecule has 0 fully saturated rings. The Balaban J connectivity index is 2.09. The SMILES string of the molecule is C=C(C)/C(C=Nc1ccc(Cl)cc1)=C(/Nc1ccc(OC)cc1)c1ccccc1C. The number of aryl methyl sites for hydroxylation is 1. The minimum atomic E-state index is 0.686. The Kier molecular flexibility index (Phi) is 7.10. The maximum Gasteiger partial charge on any atom is 0.119 e. The lowest BCUT2D eigenvalue weighted by Crippen LogP contribution is -2.06. The zero-order chi connectivity index (χ0) is 21.5. The molecule has 0 saturated heterocycles. The molecule has 3 aromatic rings. The van der Waals surface area contributed by atoms with Crippen LogP contribution in [-0.2, 0) is 0 Å². The first kappa shape index (κ1) is 21.4. The summed E-state index contributed by atoms with van der Waals surface area (Å²) in [6.45, 7) is 8.27. The number of methoxy groups -OCH3 is 1. The third-order valence-electron chi connectivity index (χ3n) is 4.67. The number of hydrogen-bond acceptors (Lipinski definition) is 3. The van der Waals surface area contributed by atoms with Gasteiger partial charge in [0.2, 0.25) is 0 Å². The second-order valence-electron chi connectivity index (χ2n) is 6.97. The fourth-order valence-corrected chi connectivity index (χ4v) is 3.13. The van der Waals surface area contributed by atoms with Gasteiger partial charge < -0.3 is 10.1 Å². The van der Waals surface area contributed by atoms with Crippen LogP contribution >= 0.6 is 11.6 Å². The number of anilines is 1. The van der Waals surface area contributed by atoms with Gasteiger partial charge >= 0.3 is 0 Å². The molecule has 0 radical (unpaired) electrons. The second-order valence-corrected chi connectivity index (χ2v) is 7.41. The van der Waals surface area contributed by atoms with E-state index >= 15 is 0 Å². The first-order valence-corrected chi connectivity index (χ1v) is 10.0. The molecule has 0 unspecified atom stereocenters. The Bertz CT molecular complexity index is 1080. The number of ether oxygens (including phenoxy) is 1. The average molecular weight is 417 g/mol. The molecule has 0 spiro atoms. The van der Waals surface area contributed by atoms with E-state index in [1.54, 1.807) is 7.11 Å². The van der Waals surface area contributed by atoms with E-state index in [4.69, 9.17) is 16.3 Å². The summed E-state index contributed by atoms with van der Waals surface area (Å²) in [6, 6.07) is 23.5. The molecule has 0 atom stereocenters. The molecule has 3 rings (SSSR count). The predicted molar refractivity (Wildman–Crippen MR) is 129 cm³/mol. The number of nitrogens with one attached hydrogen (secondary N) is 1. The van der Waals surface area contributed by atoms with E-state index in [0.29, 0.717) is 5.02 Å². The van der Waals surface area contributed by atoms with Crippen molar-refractivity contribution >= 4 is 34.9 Å². The van der Waals surface area contributed by atoms with Crippen LogP contribution in [0.25, 0.3) is 5.70 Å². The number of allylic oxidation sites excluding steroid dienone is 2. The largest absolute Gasteiger partial charge is 0.497 e. The van der Waals surface area contributed by atoms with E-state index in [0.717, 1.165) is 45.1 Å². The molecule has 0 aliphatic rings. The summed E-state index contributed by atoms with van der Waals surface area (Å²) in [4.78, 5) is 4.65. The first-order valence-electron chi connectivity index (χ1n) is 9.65. The van der Waals surface area contributed by atoms with Gasteiger partial charge in [-0.25, -0.2) is 0 Å². The summed E-state index contributed by atoms with van der Waals surface area (Å²) in [5.41, 5.74) is 6.81. The number of aliphatic imine (C=N–C) groups is 1. The molecule has 3 nitrogen and oxygen atoms in total. The summed E-state index contributed by atoms with van der Waals surface area (Å²) in [5, 5.41) is 4.25. The number of nitrogens with zero attached hydrogens (tertiary/aromatic N) is 1. The van der Waals surface area contributed by atoms with E-state index in [-0.39, 0.29) is 0 Å². The highest BCUT2D eigenvalue weighted by atomic mass is 35.5. The van der Waals surface area contributed by atoms with Gasteiger partial charge in [0.15, 0.2) is 0 Å². The van der Waals surface area contributed by atoms with Crippen LogP contribution in [0.5, 0.6) is 5.75 Å². The molecule has 0 aliphatic heterocycles. The highest BCUT2D eigenvalue weighted by Crippen LogP contribution is 2.28. The van der Waals surface area contributed by atoms with Gasteiger partial charge in [-0.05, 0) is 73.5 Å². The normalized spacial score (nSPS) is 11.9. The number of rotatable bonds is 7. The second kappa shape index (κ2) is 9.95. The molecule has 1 N–H and O–H groups in total. The van der Waals surface area contributed by atoms with Gasteiger partial charge in [0.1, 0.15) is 5.75 Å². The van der Waals surface area contributed by atoms with Gasteiger partial charge in [-0.1, -0.05) is 42.4 Å². The monoisotopic (exact) mass is 416 g/mol. The zero-order valence-electron chi connectivity index (χ0n) is 17.4. The van der Waals surface area contributed by atoms with Crippen LogP contribution in [0, 0.1) is 6.92 Å². The smallest absolute Gasteiger partial charge is 0.119 e. The Morgan fingerprint density at radius 2 is 1.67 bits per heavy atom. The van der Waals surface area contributed by atoms with Crippen LogP contribution in [0.1, 0.15) is 18.1 Å². The molecule has 0 aromatic heterocycles. The lowest BCUT2D eigenvalue weighted by atomic mass is 9.98. The Labute approximate surface area is 183 Å². The Morgan fingerprint density at radius 3 is 2.27 bits per heavy atom. The maximum absolute atomic E-state index is 5.99. The Hall–Kier alpha value is -3.30. The molecular weight excluding hydrogens is 392 g/mol. The van der Waals surface area contributed by atoms with Gasteiger partial charge in [0, 0.05) is 28.1 Å². The van der Waals surface area contributed by atoms with Crippen LogP contribution in [-0.4, -0.2) is 13.3 Å². The number of hydrogen-bond donors (Lipinski definition) is 1. The van der Waals surface area contributed by atoms with Crippen LogP contribution in [0.2, 0.25) is 5.02 Å². The predicted octanol–water partition coefficient (Wildman–Crippen LogP) is 7.46. The van der Waals surface area contributed by atoms with E-state index < -0.39 is 0 Å². The summed E-state index contributed by atoms with van der Waals surface area (Å²) in [5.74, 6) is 0.811. The van der Waals surface area contributed by atoms with Crippen LogP contribution in [0.4, 0.5) is 11.4 Å². The lowest BCUT2D eigenvalue weighted by molar-refractivity contribution is 0.415. The third kappa shape index (κ3) is 5.40. The number of halogens is 1. The van der Waals surface area contributed by atoms with Crippen molar-refractivity contribution < 1.29 is 4.74 Å². The standard InChI is InChI=1S/C26H25ClN2O/c1-18(2)25(17-28-21-11-9-20(27)10-12-21)26(24-8-6-5-7-19(24)3)29-22-13-15-23(30-4)16-14-22/h5-17,29H,1H2,2-4H3/b26-25+,28-17?. The molecule has 0 heterocycles. The van der Waals surface area contributed by atoms with Crippen LogP contribution < -0.4 is 10.1 Å². The van der Waals surface area contributed by atoms with Gasteiger partial charge in [0.25, 0.3) is 0 Å².